The van der Waals surface area contributed by atoms with Crippen molar-refractivity contribution in [3.05, 3.63) is 71.3 Å². The SMILES string of the molecule is CCCCc1ccc(C(=O)OC2CC(=O)N([C@H](C)c3ccccc3)C2=O)cc1. The third-order valence-corrected chi connectivity index (χ3v) is 5.07. The van der Waals surface area contributed by atoms with Crippen LogP contribution in [0.4, 0.5) is 0 Å². The molecule has 0 spiro atoms. The van der Waals surface area contributed by atoms with Gasteiger partial charge in [0.05, 0.1) is 18.0 Å². The third kappa shape index (κ3) is 4.30. The lowest BCUT2D eigenvalue weighted by molar-refractivity contribution is -0.143. The molecule has 0 saturated carbocycles. The zero-order valence-electron chi connectivity index (χ0n) is 16.3. The maximum Gasteiger partial charge on any atom is 0.338 e. The highest BCUT2D eigenvalue weighted by molar-refractivity contribution is 6.06. The minimum Gasteiger partial charge on any atom is -0.448 e. The van der Waals surface area contributed by atoms with E-state index in [1.54, 1.807) is 19.1 Å². The molecule has 2 aromatic rings. The first kappa shape index (κ1) is 19.8. The number of amides is 2. The predicted molar refractivity (Wildman–Crippen MR) is 106 cm³/mol. The molecule has 0 aliphatic carbocycles. The van der Waals surface area contributed by atoms with E-state index in [1.807, 2.05) is 42.5 Å². The molecule has 0 N–H and O–H groups in total. The van der Waals surface area contributed by atoms with Gasteiger partial charge >= 0.3 is 5.97 Å². The lowest BCUT2D eigenvalue weighted by Crippen LogP contribution is -2.35. The zero-order valence-corrected chi connectivity index (χ0v) is 16.3. The van der Waals surface area contributed by atoms with Crippen molar-refractivity contribution in [2.24, 2.45) is 0 Å². The van der Waals surface area contributed by atoms with Crippen LogP contribution in [0.1, 0.15) is 60.6 Å². The van der Waals surface area contributed by atoms with Crippen LogP contribution in [0.15, 0.2) is 54.6 Å². The van der Waals surface area contributed by atoms with E-state index in [1.165, 1.54) is 4.90 Å². The topological polar surface area (TPSA) is 63.7 Å². The number of rotatable bonds is 7. The number of aryl methyl sites for hydroxylation is 1. The van der Waals surface area contributed by atoms with Gasteiger partial charge in [-0.2, -0.15) is 0 Å². The molecule has 28 heavy (non-hydrogen) atoms. The highest BCUT2D eigenvalue weighted by Gasteiger charge is 2.43. The highest BCUT2D eigenvalue weighted by Crippen LogP contribution is 2.28. The Morgan fingerprint density at radius 1 is 1.11 bits per heavy atom. The number of esters is 1. The quantitative estimate of drug-likeness (QED) is 0.537. The monoisotopic (exact) mass is 379 g/mol. The summed E-state index contributed by atoms with van der Waals surface area (Å²) in [4.78, 5) is 38.7. The lowest BCUT2D eigenvalue weighted by atomic mass is 10.1. The summed E-state index contributed by atoms with van der Waals surface area (Å²) >= 11 is 0. The number of imide groups is 1. The molecular weight excluding hydrogens is 354 g/mol. The molecule has 3 rings (SSSR count). The van der Waals surface area contributed by atoms with Gasteiger partial charge in [-0.3, -0.25) is 14.5 Å². The summed E-state index contributed by atoms with van der Waals surface area (Å²) in [7, 11) is 0. The normalized spacial score (nSPS) is 17.6. The number of carbonyl (C=O) groups is 3. The Bertz CT molecular complexity index is 845. The molecule has 146 valence electrons. The van der Waals surface area contributed by atoms with Crippen LogP contribution >= 0.6 is 0 Å². The van der Waals surface area contributed by atoms with Crippen molar-refractivity contribution in [1.82, 2.24) is 4.90 Å². The van der Waals surface area contributed by atoms with E-state index in [0.29, 0.717) is 5.56 Å². The Balaban J connectivity index is 1.65. The number of nitrogens with zero attached hydrogens (tertiary/aromatic N) is 1. The van der Waals surface area contributed by atoms with E-state index in [4.69, 9.17) is 4.74 Å². The summed E-state index contributed by atoms with van der Waals surface area (Å²) in [5.74, 6) is -1.37. The fraction of sp³-hybridized carbons (Fsp3) is 0.348. The van der Waals surface area contributed by atoms with Crippen molar-refractivity contribution in [2.75, 3.05) is 0 Å². The number of likely N-dealkylation sites (tertiary alicyclic amines) is 1. The number of ether oxygens (including phenoxy) is 1. The fourth-order valence-electron chi connectivity index (χ4n) is 3.39. The maximum atomic E-state index is 12.7. The minimum absolute atomic E-state index is 0.115. The van der Waals surface area contributed by atoms with Gasteiger partial charge in [0.2, 0.25) is 5.91 Å². The van der Waals surface area contributed by atoms with E-state index in [9.17, 15) is 14.4 Å². The van der Waals surface area contributed by atoms with Crippen LogP contribution in [0.2, 0.25) is 0 Å². The molecule has 1 aliphatic rings. The van der Waals surface area contributed by atoms with E-state index < -0.39 is 24.0 Å². The van der Waals surface area contributed by atoms with Crippen LogP contribution < -0.4 is 0 Å². The molecule has 1 fully saturated rings. The summed E-state index contributed by atoms with van der Waals surface area (Å²) in [6.45, 7) is 3.93. The minimum atomic E-state index is -1.06. The number of hydrogen-bond donors (Lipinski definition) is 0. The maximum absolute atomic E-state index is 12.7. The molecular formula is C23H25NO4. The second-order valence-corrected chi connectivity index (χ2v) is 7.09. The molecule has 0 aromatic heterocycles. The Labute approximate surface area is 165 Å². The average Bonchev–Trinajstić information content (AvgIpc) is 2.99. The third-order valence-electron chi connectivity index (χ3n) is 5.07. The first-order valence-corrected chi connectivity index (χ1v) is 9.72. The first-order valence-electron chi connectivity index (χ1n) is 9.72. The Morgan fingerprint density at radius 3 is 2.43 bits per heavy atom. The number of benzene rings is 2. The van der Waals surface area contributed by atoms with E-state index in [2.05, 4.69) is 6.92 Å². The van der Waals surface area contributed by atoms with Crippen molar-refractivity contribution in [3.8, 4) is 0 Å². The molecule has 2 atom stereocenters. The van der Waals surface area contributed by atoms with Gasteiger partial charge in [0.15, 0.2) is 6.10 Å². The second-order valence-electron chi connectivity index (χ2n) is 7.09. The van der Waals surface area contributed by atoms with Crippen LogP contribution in [-0.4, -0.2) is 28.8 Å². The van der Waals surface area contributed by atoms with Crippen molar-refractivity contribution < 1.29 is 19.1 Å². The molecule has 5 heteroatoms. The van der Waals surface area contributed by atoms with Gasteiger partial charge in [0.1, 0.15) is 0 Å². The molecule has 0 bridgehead atoms. The molecule has 0 radical (unpaired) electrons. The van der Waals surface area contributed by atoms with Crippen LogP contribution in [-0.2, 0) is 20.7 Å². The molecule has 5 nitrogen and oxygen atoms in total. The Morgan fingerprint density at radius 2 is 1.79 bits per heavy atom. The van der Waals surface area contributed by atoms with E-state index in [-0.39, 0.29) is 12.3 Å². The number of carbonyl (C=O) groups excluding carboxylic acids is 3. The molecule has 1 unspecified atom stereocenters. The Kier molecular flexibility index (Phi) is 6.24. The fourth-order valence-corrected chi connectivity index (χ4v) is 3.39. The molecule has 2 aromatic carbocycles. The molecule has 1 heterocycles. The summed E-state index contributed by atoms with van der Waals surface area (Å²) in [6, 6.07) is 16.1. The number of unbranched alkanes of at least 4 members (excludes halogenated alkanes) is 1. The molecule has 1 saturated heterocycles. The van der Waals surface area contributed by atoms with Gasteiger partial charge < -0.3 is 4.74 Å². The van der Waals surface area contributed by atoms with Gasteiger partial charge in [-0.05, 0) is 43.0 Å². The summed E-state index contributed by atoms with van der Waals surface area (Å²) in [5, 5.41) is 0. The van der Waals surface area contributed by atoms with Crippen LogP contribution in [0.5, 0.6) is 0 Å². The van der Waals surface area contributed by atoms with Gasteiger partial charge in [-0.15, -0.1) is 0 Å². The van der Waals surface area contributed by atoms with Gasteiger partial charge in [-0.25, -0.2) is 4.79 Å². The van der Waals surface area contributed by atoms with Gasteiger partial charge in [-0.1, -0.05) is 55.8 Å². The summed E-state index contributed by atoms with van der Waals surface area (Å²) in [5.41, 5.74) is 2.40. The van der Waals surface area contributed by atoms with Crippen LogP contribution in [0.3, 0.4) is 0 Å². The lowest BCUT2D eigenvalue weighted by Gasteiger charge is -2.23. The van der Waals surface area contributed by atoms with Crippen molar-refractivity contribution in [2.45, 2.75) is 51.7 Å². The Hall–Kier alpha value is -2.95. The summed E-state index contributed by atoms with van der Waals surface area (Å²) < 4.78 is 5.37. The van der Waals surface area contributed by atoms with Crippen molar-refractivity contribution >= 4 is 17.8 Å². The highest BCUT2D eigenvalue weighted by atomic mass is 16.5. The number of hydrogen-bond acceptors (Lipinski definition) is 4. The largest absolute Gasteiger partial charge is 0.448 e. The van der Waals surface area contributed by atoms with E-state index in [0.717, 1.165) is 30.4 Å². The van der Waals surface area contributed by atoms with Gasteiger partial charge in [0.25, 0.3) is 5.91 Å². The van der Waals surface area contributed by atoms with E-state index >= 15 is 0 Å². The zero-order chi connectivity index (χ0) is 20.1. The van der Waals surface area contributed by atoms with Crippen LogP contribution in [0, 0.1) is 0 Å². The molecule has 1 aliphatic heterocycles. The average molecular weight is 379 g/mol. The standard InChI is InChI=1S/C23H25NO4/c1-3-4-8-17-11-13-19(14-12-17)23(27)28-20-15-21(25)24(22(20)26)16(2)18-9-6-5-7-10-18/h5-7,9-14,16,20H,3-4,8,15H2,1-2H3/t16-,20?/m1/s1. The van der Waals surface area contributed by atoms with Crippen molar-refractivity contribution in [1.29, 1.82) is 0 Å². The second kappa shape index (κ2) is 8.83. The summed E-state index contributed by atoms with van der Waals surface area (Å²) in [6.07, 6.45) is 1.99. The van der Waals surface area contributed by atoms with Crippen molar-refractivity contribution in [3.63, 3.8) is 0 Å². The first-order chi connectivity index (χ1) is 13.5. The smallest absolute Gasteiger partial charge is 0.338 e. The molecule has 2 amide bonds. The predicted octanol–water partition coefficient (Wildman–Crippen LogP) is 4.07. The van der Waals surface area contributed by atoms with Gasteiger partial charge in [0, 0.05) is 0 Å². The van der Waals surface area contributed by atoms with Crippen LogP contribution in [0.25, 0.3) is 0 Å².